The molecule has 4 heteroatoms. The molecule has 17 heavy (non-hydrogen) atoms. The van der Waals surface area contributed by atoms with Crippen molar-refractivity contribution in [2.45, 2.75) is 32.5 Å². The summed E-state index contributed by atoms with van der Waals surface area (Å²) in [5.41, 5.74) is 1.99. The van der Waals surface area contributed by atoms with Crippen LogP contribution >= 0.6 is 0 Å². The van der Waals surface area contributed by atoms with E-state index in [4.69, 9.17) is 9.31 Å². The highest BCUT2D eigenvalue weighted by Crippen LogP contribution is 2.27. The Labute approximate surface area is 101 Å². The summed E-state index contributed by atoms with van der Waals surface area (Å²) in [7, 11) is -0.251. The Morgan fingerprint density at radius 1 is 1.29 bits per heavy atom. The van der Waals surface area contributed by atoms with Crippen molar-refractivity contribution in [2.75, 3.05) is 0 Å². The van der Waals surface area contributed by atoms with Gasteiger partial charge in [-0.25, -0.2) is 0 Å². The molecule has 1 aliphatic heterocycles. The fraction of sp³-hybridized carbons (Fsp3) is 0.385. The Bertz CT molecular complexity index is 549. The molecule has 0 radical (unpaired) electrons. The Balaban J connectivity index is 1.94. The molecule has 3 rings (SSSR count). The van der Waals surface area contributed by atoms with Crippen molar-refractivity contribution in [3.63, 3.8) is 0 Å². The van der Waals surface area contributed by atoms with Crippen molar-refractivity contribution in [1.82, 2.24) is 4.98 Å². The maximum Gasteiger partial charge on any atom is 0.494 e. The first kappa shape index (κ1) is 10.9. The largest absolute Gasteiger partial charge is 0.494 e. The van der Waals surface area contributed by atoms with Gasteiger partial charge in [0.2, 0.25) is 0 Å². The van der Waals surface area contributed by atoms with Crippen LogP contribution in [0, 0.1) is 0 Å². The van der Waals surface area contributed by atoms with E-state index in [-0.39, 0.29) is 18.8 Å². The van der Waals surface area contributed by atoms with E-state index in [1.165, 1.54) is 5.39 Å². The summed E-state index contributed by atoms with van der Waals surface area (Å²) in [4.78, 5) is 3.18. The molecule has 0 spiro atoms. The minimum atomic E-state index is -0.251. The number of nitrogens with one attached hydrogen (secondary N) is 1. The first-order valence-electron chi connectivity index (χ1n) is 5.96. The lowest BCUT2D eigenvalue weighted by Gasteiger charge is -2.21. The van der Waals surface area contributed by atoms with Crippen LogP contribution in [0.1, 0.15) is 20.8 Å². The summed E-state index contributed by atoms with van der Waals surface area (Å²) < 4.78 is 11.8. The average Bonchev–Trinajstić information content (AvgIpc) is 2.83. The predicted octanol–water partition coefficient (Wildman–Crippen LogP) is 2.08. The van der Waals surface area contributed by atoms with Gasteiger partial charge in [-0.2, -0.15) is 0 Å². The van der Waals surface area contributed by atoms with Crippen molar-refractivity contribution >= 4 is 23.5 Å². The lowest BCUT2D eigenvalue weighted by Crippen LogP contribution is -2.34. The molecule has 88 valence electrons. The van der Waals surface area contributed by atoms with E-state index in [1.807, 2.05) is 6.20 Å². The highest BCUT2D eigenvalue weighted by atomic mass is 16.7. The summed E-state index contributed by atoms with van der Waals surface area (Å²) in [5.74, 6) is 0. The monoisotopic (exact) mass is 229 g/mol. The van der Waals surface area contributed by atoms with E-state index < -0.39 is 0 Å². The van der Waals surface area contributed by atoms with Crippen LogP contribution < -0.4 is 5.46 Å². The Morgan fingerprint density at radius 3 is 2.82 bits per heavy atom. The SMILES string of the molecule is CC1OB(c2ccc3[nH]ccc3c2)OC1(C)C. The van der Waals surface area contributed by atoms with Crippen LogP contribution in [0.5, 0.6) is 0 Å². The van der Waals surface area contributed by atoms with Gasteiger partial charge in [0, 0.05) is 11.7 Å². The maximum atomic E-state index is 5.94. The van der Waals surface area contributed by atoms with Gasteiger partial charge < -0.3 is 14.3 Å². The van der Waals surface area contributed by atoms with Crippen molar-refractivity contribution < 1.29 is 9.31 Å². The maximum absolute atomic E-state index is 5.94. The zero-order valence-electron chi connectivity index (χ0n) is 10.4. The summed E-state index contributed by atoms with van der Waals surface area (Å²) in [5, 5.41) is 1.19. The lowest BCUT2D eigenvalue weighted by atomic mass is 9.79. The van der Waals surface area contributed by atoms with E-state index in [0.717, 1.165) is 11.0 Å². The summed E-state index contributed by atoms with van der Waals surface area (Å²) in [6, 6.07) is 8.29. The molecule has 1 N–H and O–H groups in total. The minimum absolute atomic E-state index is 0.106. The molecule has 1 aromatic heterocycles. The first-order chi connectivity index (χ1) is 8.06. The standard InChI is InChI=1S/C13H16BNO2/c1-9-13(2,3)17-14(16-9)11-4-5-12-10(8-11)6-7-15-12/h4-9,15H,1-3H3. The highest BCUT2D eigenvalue weighted by Gasteiger charge is 2.43. The van der Waals surface area contributed by atoms with Crippen molar-refractivity contribution in [3.05, 3.63) is 30.5 Å². The quantitative estimate of drug-likeness (QED) is 0.759. The molecule has 0 aliphatic carbocycles. The summed E-state index contributed by atoms with van der Waals surface area (Å²) in [6.45, 7) is 6.17. The number of hydrogen-bond donors (Lipinski definition) is 1. The van der Waals surface area contributed by atoms with E-state index in [9.17, 15) is 0 Å². The van der Waals surface area contributed by atoms with Crippen molar-refractivity contribution in [3.8, 4) is 0 Å². The normalized spacial score (nSPS) is 23.5. The molecule has 0 bridgehead atoms. The first-order valence-corrected chi connectivity index (χ1v) is 5.96. The van der Waals surface area contributed by atoms with Gasteiger partial charge >= 0.3 is 7.12 Å². The minimum Gasteiger partial charge on any atom is -0.402 e. The third kappa shape index (κ3) is 1.77. The van der Waals surface area contributed by atoms with Gasteiger partial charge in [0.25, 0.3) is 0 Å². The predicted molar refractivity (Wildman–Crippen MR) is 69.4 cm³/mol. The average molecular weight is 229 g/mol. The fourth-order valence-corrected chi connectivity index (χ4v) is 2.11. The molecule has 1 fully saturated rings. The number of aromatic nitrogens is 1. The molecule has 2 aromatic rings. The van der Waals surface area contributed by atoms with E-state index in [2.05, 4.69) is 50.0 Å². The molecular formula is C13H16BNO2. The van der Waals surface area contributed by atoms with Crippen molar-refractivity contribution in [2.24, 2.45) is 0 Å². The van der Waals surface area contributed by atoms with Crippen LogP contribution in [0.15, 0.2) is 30.5 Å². The fourth-order valence-electron chi connectivity index (χ4n) is 2.11. The Hall–Kier alpha value is -1.26. The molecule has 3 nitrogen and oxygen atoms in total. The van der Waals surface area contributed by atoms with E-state index >= 15 is 0 Å². The Kier molecular flexibility index (Phi) is 2.31. The zero-order chi connectivity index (χ0) is 12.0. The molecule has 1 saturated heterocycles. The molecule has 1 aromatic carbocycles. The molecule has 1 aliphatic rings. The van der Waals surface area contributed by atoms with Crippen LogP contribution in [-0.4, -0.2) is 23.8 Å². The van der Waals surface area contributed by atoms with Crippen LogP contribution in [0.4, 0.5) is 0 Å². The van der Waals surface area contributed by atoms with E-state index in [1.54, 1.807) is 0 Å². The lowest BCUT2D eigenvalue weighted by molar-refractivity contribution is 0.0842. The van der Waals surface area contributed by atoms with Gasteiger partial charge in [-0.1, -0.05) is 12.1 Å². The van der Waals surface area contributed by atoms with Gasteiger partial charge in [0.05, 0.1) is 11.7 Å². The molecule has 2 heterocycles. The van der Waals surface area contributed by atoms with Crippen LogP contribution in [-0.2, 0) is 9.31 Å². The summed E-state index contributed by atoms with van der Waals surface area (Å²) >= 11 is 0. The third-order valence-electron chi connectivity index (χ3n) is 3.57. The number of H-pyrrole nitrogens is 1. The number of hydrogen-bond acceptors (Lipinski definition) is 2. The topological polar surface area (TPSA) is 34.2 Å². The third-order valence-corrected chi connectivity index (χ3v) is 3.57. The number of aromatic amines is 1. The zero-order valence-corrected chi connectivity index (χ0v) is 10.4. The molecule has 0 amide bonds. The van der Waals surface area contributed by atoms with Gasteiger partial charge in [0.1, 0.15) is 0 Å². The number of rotatable bonds is 1. The highest BCUT2D eigenvalue weighted by molar-refractivity contribution is 6.62. The molecular weight excluding hydrogens is 213 g/mol. The smallest absolute Gasteiger partial charge is 0.402 e. The second kappa shape index (κ2) is 3.62. The van der Waals surface area contributed by atoms with Crippen LogP contribution in [0.25, 0.3) is 10.9 Å². The number of benzene rings is 1. The van der Waals surface area contributed by atoms with Crippen LogP contribution in [0.3, 0.4) is 0 Å². The van der Waals surface area contributed by atoms with Gasteiger partial charge in [-0.05, 0) is 43.8 Å². The number of fused-ring (bicyclic) bond motifs is 1. The Morgan fingerprint density at radius 2 is 2.12 bits per heavy atom. The molecule has 0 saturated carbocycles. The van der Waals surface area contributed by atoms with Gasteiger partial charge in [0.15, 0.2) is 0 Å². The molecule has 1 atom stereocenters. The second-order valence-corrected chi connectivity index (χ2v) is 5.16. The van der Waals surface area contributed by atoms with Crippen molar-refractivity contribution in [1.29, 1.82) is 0 Å². The van der Waals surface area contributed by atoms with E-state index in [0.29, 0.717) is 0 Å². The molecule has 1 unspecified atom stereocenters. The van der Waals surface area contributed by atoms with Gasteiger partial charge in [-0.3, -0.25) is 0 Å². The van der Waals surface area contributed by atoms with Gasteiger partial charge in [-0.15, -0.1) is 0 Å². The summed E-state index contributed by atoms with van der Waals surface area (Å²) in [6.07, 6.45) is 2.05. The second-order valence-electron chi connectivity index (χ2n) is 5.16. The van der Waals surface area contributed by atoms with Crippen LogP contribution in [0.2, 0.25) is 0 Å².